The van der Waals surface area contributed by atoms with Gasteiger partial charge in [0.15, 0.2) is 0 Å². The molecule has 0 heterocycles. The molecule has 0 aliphatic heterocycles. The maximum absolute atomic E-state index is 10.6. The number of fused-ring (bicyclic) bond motifs is 1. The van der Waals surface area contributed by atoms with Crippen LogP contribution in [0.3, 0.4) is 0 Å². The van der Waals surface area contributed by atoms with Crippen LogP contribution < -0.4 is 11.1 Å². The van der Waals surface area contributed by atoms with Crippen molar-refractivity contribution in [2.45, 2.75) is 18.9 Å². The first kappa shape index (κ1) is 17.4. The third-order valence-electron chi connectivity index (χ3n) is 5.35. The summed E-state index contributed by atoms with van der Waals surface area (Å²) in [6, 6.07) is 24.2. The summed E-state index contributed by atoms with van der Waals surface area (Å²) in [7, 11) is 0. The third kappa shape index (κ3) is 3.60. The standard InChI is InChI=1S/C24H24N2O/c1-16(26-23-9-5-4-8-22(23)25)18-12-10-17(11-13-18)14-20-15-19-6-2-3-7-21(19)24(20)27/h2-13,20,24,26-27H,1,14-15,25H2. The lowest BCUT2D eigenvalue weighted by atomic mass is 9.94. The molecule has 0 radical (unpaired) electrons. The van der Waals surface area contributed by atoms with Gasteiger partial charge in [0.2, 0.25) is 0 Å². The molecule has 0 spiro atoms. The summed E-state index contributed by atoms with van der Waals surface area (Å²) >= 11 is 0. The van der Waals surface area contributed by atoms with Gasteiger partial charge in [0.05, 0.1) is 17.5 Å². The van der Waals surface area contributed by atoms with Crippen molar-refractivity contribution in [2.75, 3.05) is 11.1 Å². The molecular formula is C24H24N2O. The van der Waals surface area contributed by atoms with Gasteiger partial charge in [0.25, 0.3) is 0 Å². The first-order chi connectivity index (χ1) is 13.1. The van der Waals surface area contributed by atoms with Gasteiger partial charge in [-0.15, -0.1) is 0 Å². The number of nitrogens with one attached hydrogen (secondary N) is 1. The summed E-state index contributed by atoms with van der Waals surface area (Å²) < 4.78 is 0. The number of aliphatic hydroxyl groups excluding tert-OH is 1. The number of anilines is 2. The van der Waals surface area contributed by atoms with Gasteiger partial charge < -0.3 is 16.2 Å². The van der Waals surface area contributed by atoms with Crippen molar-refractivity contribution >= 4 is 17.1 Å². The third-order valence-corrected chi connectivity index (χ3v) is 5.35. The molecule has 3 nitrogen and oxygen atoms in total. The molecule has 4 rings (SSSR count). The highest BCUT2D eigenvalue weighted by Gasteiger charge is 2.30. The monoisotopic (exact) mass is 356 g/mol. The highest BCUT2D eigenvalue weighted by molar-refractivity contribution is 5.80. The maximum atomic E-state index is 10.6. The number of hydrogen-bond acceptors (Lipinski definition) is 3. The van der Waals surface area contributed by atoms with Crippen LogP contribution in [0.2, 0.25) is 0 Å². The van der Waals surface area contributed by atoms with Gasteiger partial charge in [0.1, 0.15) is 0 Å². The molecule has 2 atom stereocenters. The van der Waals surface area contributed by atoms with E-state index in [0.717, 1.165) is 35.4 Å². The van der Waals surface area contributed by atoms with E-state index in [4.69, 9.17) is 5.73 Å². The van der Waals surface area contributed by atoms with Gasteiger partial charge in [-0.1, -0.05) is 67.2 Å². The Kier molecular flexibility index (Phi) is 4.69. The molecule has 0 amide bonds. The fourth-order valence-corrected chi connectivity index (χ4v) is 3.83. The Labute approximate surface area is 160 Å². The molecule has 0 saturated heterocycles. The van der Waals surface area contributed by atoms with Crippen molar-refractivity contribution in [1.29, 1.82) is 0 Å². The zero-order chi connectivity index (χ0) is 18.8. The summed E-state index contributed by atoms with van der Waals surface area (Å²) in [5, 5.41) is 13.9. The predicted molar refractivity (Wildman–Crippen MR) is 112 cm³/mol. The van der Waals surface area contributed by atoms with Crippen LogP contribution >= 0.6 is 0 Å². The van der Waals surface area contributed by atoms with Gasteiger partial charge in [0, 0.05) is 5.70 Å². The minimum atomic E-state index is -0.376. The zero-order valence-electron chi connectivity index (χ0n) is 15.2. The highest BCUT2D eigenvalue weighted by Crippen LogP contribution is 2.37. The molecular weight excluding hydrogens is 332 g/mol. The fourth-order valence-electron chi connectivity index (χ4n) is 3.83. The molecule has 0 fully saturated rings. The van der Waals surface area contributed by atoms with Gasteiger partial charge in [-0.3, -0.25) is 0 Å². The highest BCUT2D eigenvalue weighted by atomic mass is 16.3. The minimum absolute atomic E-state index is 0.235. The van der Waals surface area contributed by atoms with Crippen LogP contribution in [0.15, 0.2) is 79.4 Å². The molecule has 3 aromatic rings. The van der Waals surface area contributed by atoms with Gasteiger partial charge in [-0.05, 0) is 53.1 Å². The molecule has 1 aliphatic carbocycles. The number of nitrogen functional groups attached to an aromatic ring is 1. The summed E-state index contributed by atoms with van der Waals surface area (Å²) in [4.78, 5) is 0. The van der Waals surface area contributed by atoms with Crippen molar-refractivity contribution in [3.05, 3.63) is 102 Å². The second kappa shape index (κ2) is 7.29. The SMILES string of the molecule is C=C(Nc1ccccc1N)c1ccc(CC2Cc3ccccc3C2O)cc1. The Hall–Kier alpha value is -3.04. The minimum Gasteiger partial charge on any atom is -0.397 e. The van der Waals surface area contributed by atoms with Crippen molar-refractivity contribution in [1.82, 2.24) is 0 Å². The lowest BCUT2D eigenvalue weighted by molar-refractivity contribution is 0.123. The molecule has 0 aromatic heterocycles. The van der Waals surface area contributed by atoms with E-state index in [1.807, 2.05) is 42.5 Å². The topological polar surface area (TPSA) is 58.3 Å². The van der Waals surface area contributed by atoms with E-state index in [-0.39, 0.29) is 12.0 Å². The van der Waals surface area contributed by atoms with Gasteiger partial charge in [-0.25, -0.2) is 0 Å². The lowest BCUT2D eigenvalue weighted by Gasteiger charge is -2.16. The molecule has 1 aliphatic rings. The molecule has 3 aromatic carbocycles. The van der Waals surface area contributed by atoms with E-state index in [9.17, 15) is 5.11 Å². The molecule has 27 heavy (non-hydrogen) atoms. The average molecular weight is 356 g/mol. The van der Waals surface area contributed by atoms with Crippen molar-refractivity contribution in [3.8, 4) is 0 Å². The average Bonchev–Trinajstić information content (AvgIpc) is 3.00. The van der Waals surface area contributed by atoms with Gasteiger partial charge in [-0.2, -0.15) is 0 Å². The van der Waals surface area contributed by atoms with Crippen LogP contribution in [-0.4, -0.2) is 5.11 Å². The summed E-state index contributed by atoms with van der Waals surface area (Å²) in [6.45, 7) is 4.13. The van der Waals surface area contributed by atoms with Crippen molar-refractivity contribution in [2.24, 2.45) is 5.92 Å². The fraction of sp³-hybridized carbons (Fsp3) is 0.167. The first-order valence-corrected chi connectivity index (χ1v) is 9.27. The van der Waals surface area contributed by atoms with Crippen LogP contribution in [-0.2, 0) is 12.8 Å². The summed E-state index contributed by atoms with van der Waals surface area (Å²) in [6.07, 6.45) is 1.42. The van der Waals surface area contributed by atoms with Crippen LogP contribution in [0.4, 0.5) is 11.4 Å². The van der Waals surface area contributed by atoms with Crippen molar-refractivity contribution in [3.63, 3.8) is 0 Å². The second-order valence-electron chi connectivity index (χ2n) is 7.20. The van der Waals surface area contributed by atoms with E-state index < -0.39 is 0 Å². The van der Waals surface area contributed by atoms with E-state index in [1.54, 1.807) is 0 Å². The number of para-hydroxylation sites is 2. The van der Waals surface area contributed by atoms with E-state index in [0.29, 0.717) is 5.69 Å². The van der Waals surface area contributed by atoms with Crippen LogP contribution in [0.5, 0.6) is 0 Å². The van der Waals surface area contributed by atoms with E-state index in [1.165, 1.54) is 11.1 Å². The largest absolute Gasteiger partial charge is 0.397 e. The lowest BCUT2D eigenvalue weighted by Crippen LogP contribution is -2.10. The number of hydrogen-bond donors (Lipinski definition) is 3. The Morgan fingerprint density at radius 2 is 1.70 bits per heavy atom. The van der Waals surface area contributed by atoms with E-state index in [2.05, 4.69) is 42.2 Å². The Morgan fingerprint density at radius 1 is 1.00 bits per heavy atom. The number of aliphatic hydroxyl groups is 1. The zero-order valence-corrected chi connectivity index (χ0v) is 15.2. The van der Waals surface area contributed by atoms with Gasteiger partial charge >= 0.3 is 0 Å². The number of rotatable bonds is 5. The summed E-state index contributed by atoms with van der Waals surface area (Å²) in [5.41, 5.74) is 13.0. The predicted octanol–water partition coefficient (Wildman–Crippen LogP) is 4.80. The second-order valence-corrected chi connectivity index (χ2v) is 7.20. The van der Waals surface area contributed by atoms with E-state index >= 15 is 0 Å². The van der Waals surface area contributed by atoms with Crippen LogP contribution in [0.1, 0.15) is 28.4 Å². The maximum Gasteiger partial charge on any atom is 0.0827 e. The quantitative estimate of drug-likeness (QED) is 0.576. The molecule has 0 saturated carbocycles. The number of nitrogens with two attached hydrogens (primary N) is 1. The molecule has 2 unspecified atom stereocenters. The first-order valence-electron chi connectivity index (χ1n) is 9.27. The Balaban J connectivity index is 1.42. The smallest absolute Gasteiger partial charge is 0.0827 e. The summed E-state index contributed by atoms with van der Waals surface area (Å²) in [5.74, 6) is 0.235. The normalized spacial score (nSPS) is 18.1. The van der Waals surface area contributed by atoms with Crippen LogP contribution in [0, 0.1) is 5.92 Å². The van der Waals surface area contributed by atoms with Crippen molar-refractivity contribution < 1.29 is 5.11 Å². The number of benzene rings is 3. The Morgan fingerprint density at radius 3 is 2.44 bits per heavy atom. The molecule has 0 bridgehead atoms. The molecule has 136 valence electrons. The van der Waals surface area contributed by atoms with Crippen LogP contribution in [0.25, 0.3) is 5.70 Å². The molecule has 3 heteroatoms. The molecule has 4 N–H and O–H groups in total. The Bertz CT molecular complexity index is 962.